The average molecular weight is 278 g/mol. The number of hydrogen-bond acceptors (Lipinski definition) is 5. The fourth-order valence-corrected chi connectivity index (χ4v) is 2.37. The van der Waals surface area contributed by atoms with Gasteiger partial charge >= 0.3 is 5.97 Å². The maximum absolute atomic E-state index is 10.9. The lowest BCUT2D eigenvalue weighted by Crippen LogP contribution is -2.36. The molecule has 6 nitrogen and oxygen atoms in total. The van der Waals surface area contributed by atoms with Gasteiger partial charge < -0.3 is 15.3 Å². The zero-order chi connectivity index (χ0) is 14.4. The van der Waals surface area contributed by atoms with Gasteiger partial charge in [-0.15, -0.1) is 0 Å². The lowest BCUT2D eigenvalue weighted by molar-refractivity contribution is -0.142. The van der Waals surface area contributed by atoms with Crippen LogP contribution in [-0.2, 0) is 4.79 Å². The lowest BCUT2D eigenvalue weighted by atomic mass is 9.97. The SMILES string of the molecule is CCCCNc1cc(N2CCC(C(=O)O)CC2)ncn1. The van der Waals surface area contributed by atoms with Gasteiger partial charge in [-0.25, -0.2) is 9.97 Å². The van der Waals surface area contributed by atoms with Crippen LogP contribution in [0.2, 0.25) is 0 Å². The topological polar surface area (TPSA) is 78.4 Å². The van der Waals surface area contributed by atoms with Crippen LogP contribution in [0.3, 0.4) is 0 Å². The first-order valence-electron chi connectivity index (χ1n) is 7.24. The maximum atomic E-state index is 10.9. The van der Waals surface area contributed by atoms with Crippen molar-refractivity contribution in [2.45, 2.75) is 32.6 Å². The molecule has 2 heterocycles. The van der Waals surface area contributed by atoms with E-state index in [0.717, 1.165) is 44.1 Å². The van der Waals surface area contributed by atoms with Crippen molar-refractivity contribution in [3.05, 3.63) is 12.4 Å². The number of aliphatic carboxylic acids is 1. The predicted molar refractivity (Wildman–Crippen MR) is 78.0 cm³/mol. The van der Waals surface area contributed by atoms with Gasteiger partial charge in [-0.1, -0.05) is 13.3 Å². The van der Waals surface area contributed by atoms with Crippen LogP contribution in [0.25, 0.3) is 0 Å². The molecule has 1 aliphatic rings. The van der Waals surface area contributed by atoms with Crippen molar-refractivity contribution in [2.24, 2.45) is 5.92 Å². The van der Waals surface area contributed by atoms with Crippen molar-refractivity contribution in [1.82, 2.24) is 9.97 Å². The molecule has 0 amide bonds. The van der Waals surface area contributed by atoms with Gasteiger partial charge in [0.2, 0.25) is 0 Å². The van der Waals surface area contributed by atoms with Gasteiger partial charge in [-0.3, -0.25) is 4.79 Å². The highest BCUT2D eigenvalue weighted by Crippen LogP contribution is 2.22. The van der Waals surface area contributed by atoms with Crippen molar-refractivity contribution in [2.75, 3.05) is 29.9 Å². The minimum Gasteiger partial charge on any atom is -0.481 e. The van der Waals surface area contributed by atoms with Crippen LogP contribution in [-0.4, -0.2) is 40.7 Å². The Balaban J connectivity index is 1.92. The fraction of sp³-hybridized carbons (Fsp3) is 0.643. The van der Waals surface area contributed by atoms with E-state index in [0.29, 0.717) is 12.8 Å². The molecule has 1 aromatic heterocycles. The minimum absolute atomic E-state index is 0.213. The normalized spacial score (nSPS) is 16.1. The van der Waals surface area contributed by atoms with Crippen LogP contribution in [0.1, 0.15) is 32.6 Å². The molecule has 0 bridgehead atoms. The van der Waals surface area contributed by atoms with Crippen molar-refractivity contribution in [1.29, 1.82) is 0 Å². The van der Waals surface area contributed by atoms with Gasteiger partial charge in [-0.2, -0.15) is 0 Å². The molecule has 0 aliphatic carbocycles. The molecule has 0 saturated carbocycles. The Kier molecular flexibility index (Phi) is 5.15. The largest absolute Gasteiger partial charge is 0.481 e. The van der Waals surface area contributed by atoms with Gasteiger partial charge in [0.25, 0.3) is 0 Å². The Labute approximate surface area is 119 Å². The van der Waals surface area contributed by atoms with Crippen LogP contribution < -0.4 is 10.2 Å². The highest BCUT2D eigenvalue weighted by molar-refractivity contribution is 5.70. The third-order valence-corrected chi connectivity index (χ3v) is 3.66. The van der Waals surface area contributed by atoms with Crippen molar-refractivity contribution in [3.63, 3.8) is 0 Å². The van der Waals surface area contributed by atoms with Gasteiger partial charge in [0.15, 0.2) is 0 Å². The molecule has 0 aromatic carbocycles. The molecule has 1 aliphatic heterocycles. The molecule has 1 aromatic rings. The Morgan fingerprint density at radius 3 is 2.85 bits per heavy atom. The molecule has 1 fully saturated rings. The third kappa shape index (κ3) is 3.82. The summed E-state index contributed by atoms with van der Waals surface area (Å²) in [7, 11) is 0. The van der Waals surface area contributed by atoms with Crippen LogP contribution in [0.15, 0.2) is 12.4 Å². The summed E-state index contributed by atoms with van der Waals surface area (Å²) in [4.78, 5) is 21.6. The number of carboxylic acids is 1. The summed E-state index contributed by atoms with van der Waals surface area (Å²) in [5.74, 6) is 0.816. The lowest BCUT2D eigenvalue weighted by Gasteiger charge is -2.31. The van der Waals surface area contributed by atoms with E-state index in [1.807, 2.05) is 6.07 Å². The molecule has 2 N–H and O–H groups in total. The molecule has 1 saturated heterocycles. The summed E-state index contributed by atoms with van der Waals surface area (Å²) < 4.78 is 0. The van der Waals surface area contributed by atoms with Gasteiger partial charge in [0, 0.05) is 25.7 Å². The van der Waals surface area contributed by atoms with E-state index in [-0.39, 0.29) is 5.92 Å². The fourth-order valence-electron chi connectivity index (χ4n) is 2.37. The second-order valence-electron chi connectivity index (χ2n) is 5.14. The molecule has 110 valence electrons. The van der Waals surface area contributed by atoms with E-state index in [1.54, 1.807) is 6.33 Å². The molecule has 0 unspecified atom stereocenters. The molecule has 0 spiro atoms. The van der Waals surface area contributed by atoms with E-state index >= 15 is 0 Å². The number of hydrogen-bond donors (Lipinski definition) is 2. The molecule has 6 heteroatoms. The quantitative estimate of drug-likeness (QED) is 0.775. The molecule has 0 radical (unpaired) electrons. The predicted octanol–water partition coefficient (Wildman–Crippen LogP) is 1.99. The van der Waals surface area contributed by atoms with Crippen molar-refractivity contribution in [3.8, 4) is 0 Å². The average Bonchev–Trinajstić information content (AvgIpc) is 2.48. The molecular formula is C14H22N4O2. The summed E-state index contributed by atoms with van der Waals surface area (Å²) in [6.45, 7) is 4.54. The molecule has 2 rings (SSSR count). The number of piperidine rings is 1. The summed E-state index contributed by atoms with van der Waals surface area (Å²) in [5.41, 5.74) is 0. The van der Waals surface area contributed by atoms with E-state index in [4.69, 9.17) is 5.11 Å². The molecule has 0 atom stereocenters. The van der Waals surface area contributed by atoms with Gasteiger partial charge in [-0.05, 0) is 19.3 Å². The standard InChI is InChI=1S/C14H22N4O2/c1-2-3-6-15-12-9-13(17-10-16-12)18-7-4-11(5-8-18)14(19)20/h9-11H,2-8H2,1H3,(H,19,20)(H,15,16,17). The zero-order valence-electron chi connectivity index (χ0n) is 11.9. The third-order valence-electron chi connectivity index (χ3n) is 3.66. The van der Waals surface area contributed by atoms with Crippen LogP contribution in [0, 0.1) is 5.92 Å². The van der Waals surface area contributed by atoms with Crippen LogP contribution in [0.4, 0.5) is 11.6 Å². The minimum atomic E-state index is -0.686. The summed E-state index contributed by atoms with van der Waals surface area (Å²) in [6.07, 6.45) is 5.18. The summed E-state index contributed by atoms with van der Waals surface area (Å²) in [5, 5.41) is 12.3. The number of carbonyl (C=O) groups is 1. The maximum Gasteiger partial charge on any atom is 0.306 e. The highest BCUT2D eigenvalue weighted by atomic mass is 16.4. The van der Waals surface area contributed by atoms with E-state index in [2.05, 4.69) is 27.1 Å². The van der Waals surface area contributed by atoms with E-state index in [1.165, 1.54) is 0 Å². The first-order valence-corrected chi connectivity index (χ1v) is 7.24. The number of carboxylic acid groups (broad SMARTS) is 1. The Hall–Kier alpha value is -1.85. The smallest absolute Gasteiger partial charge is 0.306 e. The number of anilines is 2. The van der Waals surface area contributed by atoms with Gasteiger partial charge in [0.1, 0.15) is 18.0 Å². The number of unbranched alkanes of at least 4 members (excludes halogenated alkanes) is 1. The first-order chi connectivity index (χ1) is 9.70. The van der Waals surface area contributed by atoms with E-state index < -0.39 is 5.97 Å². The molecular weight excluding hydrogens is 256 g/mol. The number of nitrogens with zero attached hydrogens (tertiary/aromatic N) is 3. The first kappa shape index (κ1) is 14.6. The Morgan fingerprint density at radius 1 is 1.45 bits per heavy atom. The number of rotatable bonds is 6. The molecule has 20 heavy (non-hydrogen) atoms. The second kappa shape index (κ2) is 7.07. The van der Waals surface area contributed by atoms with Crippen molar-refractivity contribution < 1.29 is 9.90 Å². The van der Waals surface area contributed by atoms with Gasteiger partial charge in [0.05, 0.1) is 5.92 Å². The van der Waals surface area contributed by atoms with Crippen molar-refractivity contribution >= 4 is 17.6 Å². The second-order valence-corrected chi connectivity index (χ2v) is 5.14. The monoisotopic (exact) mass is 278 g/mol. The van der Waals surface area contributed by atoms with E-state index in [9.17, 15) is 4.79 Å². The Bertz CT molecular complexity index is 445. The highest BCUT2D eigenvalue weighted by Gasteiger charge is 2.25. The Morgan fingerprint density at radius 2 is 2.20 bits per heavy atom. The summed E-state index contributed by atoms with van der Waals surface area (Å²) in [6, 6.07) is 1.94. The summed E-state index contributed by atoms with van der Waals surface area (Å²) >= 11 is 0. The zero-order valence-corrected chi connectivity index (χ0v) is 11.9. The number of aromatic nitrogens is 2. The number of nitrogens with one attached hydrogen (secondary N) is 1. The van der Waals surface area contributed by atoms with Crippen LogP contribution >= 0.6 is 0 Å². The van der Waals surface area contributed by atoms with Crippen LogP contribution in [0.5, 0.6) is 0 Å².